The third-order valence-corrected chi connectivity index (χ3v) is 13.4. The molecule has 0 aromatic heterocycles. The van der Waals surface area contributed by atoms with Gasteiger partial charge in [-0.05, 0) is 106 Å². The van der Waals surface area contributed by atoms with E-state index in [4.69, 9.17) is 4.74 Å². The second-order valence-electron chi connectivity index (χ2n) is 14.2. The molecule has 52 heavy (non-hydrogen) atoms. The number of carboxylic acids is 1. The highest BCUT2D eigenvalue weighted by Gasteiger charge is 2.45. The van der Waals surface area contributed by atoms with Crippen molar-refractivity contribution in [2.24, 2.45) is 11.8 Å². The van der Waals surface area contributed by atoms with E-state index in [0.717, 1.165) is 24.8 Å². The van der Waals surface area contributed by atoms with Gasteiger partial charge in [0, 0.05) is 11.8 Å². The number of fused-ring (bicyclic) bond motifs is 2. The minimum Gasteiger partial charge on any atom is -0.480 e. The molecule has 4 amide bonds. The van der Waals surface area contributed by atoms with Crippen molar-refractivity contribution in [2.75, 3.05) is 18.6 Å². The van der Waals surface area contributed by atoms with Crippen LogP contribution in [0.3, 0.4) is 0 Å². The van der Waals surface area contributed by atoms with Crippen molar-refractivity contribution >= 4 is 59.1 Å². The van der Waals surface area contributed by atoms with Gasteiger partial charge < -0.3 is 30.3 Å². The van der Waals surface area contributed by atoms with Gasteiger partial charge in [-0.1, -0.05) is 25.5 Å². The van der Waals surface area contributed by atoms with E-state index in [1.54, 1.807) is 40.6 Å². The summed E-state index contributed by atoms with van der Waals surface area (Å²) >= 11 is 3.16. The van der Waals surface area contributed by atoms with Crippen molar-refractivity contribution < 1.29 is 43.0 Å². The summed E-state index contributed by atoms with van der Waals surface area (Å²) < 4.78 is 18.8. The Hall–Kier alpha value is -3.33. The van der Waals surface area contributed by atoms with Crippen LogP contribution in [0.4, 0.5) is 4.39 Å². The maximum absolute atomic E-state index is 14.1. The summed E-state index contributed by atoms with van der Waals surface area (Å²) in [6.07, 6.45) is 6.72. The first-order valence-corrected chi connectivity index (χ1v) is 20.6. The molecule has 15 heteroatoms. The van der Waals surface area contributed by atoms with Crippen molar-refractivity contribution in [3.63, 3.8) is 0 Å². The van der Waals surface area contributed by atoms with E-state index in [1.165, 1.54) is 24.1 Å². The number of rotatable bonds is 13. The van der Waals surface area contributed by atoms with Crippen LogP contribution in [0.15, 0.2) is 24.3 Å². The summed E-state index contributed by atoms with van der Waals surface area (Å²) in [6.45, 7) is 1.96. The van der Waals surface area contributed by atoms with Crippen LogP contribution >= 0.6 is 23.5 Å². The van der Waals surface area contributed by atoms with Crippen LogP contribution in [0.2, 0.25) is 0 Å². The van der Waals surface area contributed by atoms with E-state index in [-0.39, 0.29) is 47.2 Å². The number of amides is 4. The van der Waals surface area contributed by atoms with Crippen molar-refractivity contribution in [2.45, 2.75) is 125 Å². The molecule has 0 unspecified atom stereocenters. The molecule has 4 fully saturated rings. The minimum absolute atomic E-state index is 0.176. The number of hydrogen-bond donors (Lipinski definition) is 3. The van der Waals surface area contributed by atoms with Crippen molar-refractivity contribution in [1.29, 1.82) is 0 Å². The molecule has 4 aliphatic heterocycles. The molecule has 5 rings (SSSR count). The first-order valence-electron chi connectivity index (χ1n) is 18.6. The second-order valence-corrected chi connectivity index (χ2v) is 16.8. The van der Waals surface area contributed by atoms with Gasteiger partial charge in [0.25, 0.3) is 0 Å². The van der Waals surface area contributed by atoms with Crippen molar-refractivity contribution in [1.82, 2.24) is 20.4 Å². The molecule has 3 N–H and O–H groups in total. The fraction of sp³-hybridized carbons (Fsp3) is 0.676. The van der Waals surface area contributed by atoms with E-state index >= 15 is 0 Å². The number of benzene rings is 1. The predicted octanol–water partition coefficient (Wildman–Crippen LogP) is 4.10. The molecule has 4 saturated heterocycles. The molecule has 0 aliphatic carbocycles. The molecule has 4 aliphatic rings. The maximum Gasteiger partial charge on any atom is 0.328 e. The topological polar surface area (TPSA) is 162 Å². The normalized spacial score (nSPS) is 27.6. The summed E-state index contributed by atoms with van der Waals surface area (Å²) in [4.78, 5) is 83.2. The Kier molecular flexibility index (Phi) is 14.3. The smallest absolute Gasteiger partial charge is 0.328 e. The highest BCUT2D eigenvalue weighted by atomic mass is 32.2. The molecule has 1 aromatic rings. The fourth-order valence-electron chi connectivity index (χ4n) is 7.94. The average molecular weight is 763 g/mol. The molecule has 286 valence electrons. The molecular weight excluding hydrogens is 712 g/mol. The summed E-state index contributed by atoms with van der Waals surface area (Å²) in [5, 5.41) is 15.4. The number of hydrogen-bond acceptors (Lipinski definition) is 9. The van der Waals surface area contributed by atoms with Crippen LogP contribution in [-0.2, 0) is 39.9 Å². The minimum atomic E-state index is -1.04. The predicted molar refractivity (Wildman–Crippen MR) is 195 cm³/mol. The summed E-state index contributed by atoms with van der Waals surface area (Å²) in [7, 11) is 1.30. The van der Waals surface area contributed by atoms with Crippen LogP contribution < -0.4 is 10.6 Å². The van der Waals surface area contributed by atoms with Gasteiger partial charge in [0.15, 0.2) is 0 Å². The molecular formula is C37H51FN4O8S2. The van der Waals surface area contributed by atoms with Gasteiger partial charge in [-0.25, -0.2) is 14.0 Å². The Labute approximate surface area is 313 Å². The van der Waals surface area contributed by atoms with E-state index in [9.17, 15) is 38.3 Å². The highest BCUT2D eigenvalue weighted by Crippen LogP contribution is 2.36. The molecule has 12 nitrogen and oxygen atoms in total. The highest BCUT2D eigenvalue weighted by molar-refractivity contribution is 8.00. The molecule has 0 saturated carbocycles. The number of nitrogens with one attached hydrogen (secondary N) is 2. The number of carboxylic acid groups (broad SMARTS) is 1. The quantitative estimate of drug-likeness (QED) is 0.250. The van der Waals surface area contributed by atoms with Gasteiger partial charge in [0.1, 0.15) is 30.0 Å². The lowest BCUT2D eigenvalue weighted by Crippen LogP contribution is -2.58. The second kappa shape index (κ2) is 18.6. The summed E-state index contributed by atoms with van der Waals surface area (Å²) in [5.74, 6) is -3.20. The van der Waals surface area contributed by atoms with Crippen LogP contribution in [0.5, 0.6) is 0 Å². The molecule has 0 radical (unpaired) electrons. The number of esters is 1. The van der Waals surface area contributed by atoms with E-state index in [0.29, 0.717) is 62.9 Å². The lowest BCUT2D eigenvalue weighted by atomic mass is 9.87. The molecule has 1 aromatic carbocycles. The molecule has 8 atom stereocenters. The number of halogens is 1. The summed E-state index contributed by atoms with van der Waals surface area (Å²) in [5.41, 5.74) is 0.730. The standard InChI is InChI=1S/C37H51FN4O8S2/c1-3-6-23(32(43)39-26-17-19-51-30-9-4-7-28(36(47)48)41(30)34(26)45)13-14-24(21-22-11-15-25(38)16-12-22)33(44)40-27-18-20-52-31-10-5-8-29(37(49)50-2)42(31)35(27)46/h11-12,15-16,23-24,26-31H,3-10,13-14,17-21H2,1-2H3,(H,39,43)(H,40,44)(H,47,48)/t23-,24+,26-,27-,28-,29-,30-,31-/m0/s1. The van der Waals surface area contributed by atoms with Crippen LogP contribution in [-0.4, -0.2) is 104 Å². The number of carbonyl (C=O) groups is 6. The lowest BCUT2D eigenvalue weighted by Gasteiger charge is -2.40. The number of nitrogens with zero attached hydrogens (tertiary/aromatic N) is 2. The van der Waals surface area contributed by atoms with Crippen LogP contribution in [0, 0.1) is 17.7 Å². The van der Waals surface area contributed by atoms with Gasteiger partial charge in [-0.3, -0.25) is 19.2 Å². The Morgan fingerprint density at radius 3 is 1.87 bits per heavy atom. The maximum atomic E-state index is 14.1. The SMILES string of the molecule is CCC[C@@H](CC[C@H](Cc1ccc(F)cc1)C(=O)N[C@H]1CCS[C@H]2CCC[C@@H](C(=O)OC)N2C1=O)C(=O)N[C@H]1CCS[C@H]2CCC[C@@H](C(=O)O)N2C1=O. The van der Waals surface area contributed by atoms with E-state index in [1.807, 2.05) is 6.92 Å². The number of aliphatic carboxylic acids is 1. The van der Waals surface area contributed by atoms with Crippen molar-refractivity contribution in [3.05, 3.63) is 35.6 Å². The van der Waals surface area contributed by atoms with Gasteiger partial charge in [0.2, 0.25) is 23.6 Å². The van der Waals surface area contributed by atoms with Gasteiger partial charge in [0.05, 0.1) is 17.9 Å². The third kappa shape index (κ3) is 9.61. The van der Waals surface area contributed by atoms with E-state index < -0.39 is 53.8 Å². The molecule has 4 heterocycles. The van der Waals surface area contributed by atoms with Gasteiger partial charge in [-0.2, -0.15) is 0 Å². The number of carbonyl (C=O) groups excluding carboxylic acids is 5. The zero-order chi connectivity index (χ0) is 37.4. The Bertz CT molecular complexity index is 1470. The van der Waals surface area contributed by atoms with E-state index in [2.05, 4.69) is 10.6 Å². The van der Waals surface area contributed by atoms with Crippen molar-refractivity contribution in [3.8, 4) is 0 Å². The fourth-order valence-corrected chi connectivity index (χ4v) is 10.7. The Balaban J connectivity index is 1.29. The van der Waals surface area contributed by atoms with Gasteiger partial charge >= 0.3 is 11.9 Å². The summed E-state index contributed by atoms with van der Waals surface area (Å²) in [6, 6.07) is 2.59. The largest absolute Gasteiger partial charge is 0.480 e. The number of piperidine rings is 2. The monoisotopic (exact) mass is 762 g/mol. The first kappa shape index (κ1) is 39.9. The Morgan fingerprint density at radius 2 is 1.33 bits per heavy atom. The third-order valence-electron chi connectivity index (χ3n) is 10.7. The zero-order valence-corrected chi connectivity index (χ0v) is 31.6. The Morgan fingerprint density at radius 1 is 0.808 bits per heavy atom. The van der Waals surface area contributed by atoms with Crippen LogP contribution in [0.25, 0.3) is 0 Å². The molecule has 0 spiro atoms. The molecule has 0 bridgehead atoms. The number of methoxy groups -OCH3 is 1. The number of ether oxygens (including phenoxy) is 1. The zero-order valence-electron chi connectivity index (χ0n) is 29.9. The van der Waals surface area contributed by atoms with Gasteiger partial charge in [-0.15, -0.1) is 23.5 Å². The first-order chi connectivity index (χ1) is 25.0. The van der Waals surface area contributed by atoms with Crippen LogP contribution in [0.1, 0.15) is 89.5 Å². The lowest BCUT2D eigenvalue weighted by molar-refractivity contribution is -0.156. The average Bonchev–Trinajstić information content (AvgIpc) is 3.40. The number of thioether (sulfide) groups is 2.